The normalized spacial score (nSPS) is 14.4. The predicted molar refractivity (Wildman–Crippen MR) is 112 cm³/mol. The summed E-state index contributed by atoms with van der Waals surface area (Å²) >= 11 is 7.87. The molecular weight excluding hydrogens is 398 g/mol. The highest BCUT2D eigenvalue weighted by atomic mass is 35.5. The van der Waals surface area contributed by atoms with Gasteiger partial charge in [0.25, 0.3) is 5.91 Å². The Hall–Kier alpha value is -2.51. The second-order valence-corrected chi connectivity index (χ2v) is 7.78. The molecule has 0 N–H and O–H groups in total. The van der Waals surface area contributed by atoms with Crippen LogP contribution in [0.4, 0.5) is 5.13 Å². The van der Waals surface area contributed by atoms with E-state index >= 15 is 0 Å². The molecule has 1 fully saturated rings. The van der Waals surface area contributed by atoms with Crippen molar-refractivity contribution in [2.75, 3.05) is 44.8 Å². The van der Waals surface area contributed by atoms with Gasteiger partial charge in [-0.05, 0) is 24.3 Å². The average molecular weight is 418 g/mol. The van der Waals surface area contributed by atoms with E-state index in [4.69, 9.17) is 26.1 Å². The summed E-state index contributed by atoms with van der Waals surface area (Å²) < 4.78 is 11.9. The molecule has 0 spiro atoms. The summed E-state index contributed by atoms with van der Waals surface area (Å²) in [5, 5.41) is 1.57. The van der Waals surface area contributed by atoms with Crippen molar-refractivity contribution in [3.63, 3.8) is 0 Å². The lowest BCUT2D eigenvalue weighted by molar-refractivity contribution is -0.133. The van der Waals surface area contributed by atoms with Gasteiger partial charge in [-0.15, -0.1) is 0 Å². The van der Waals surface area contributed by atoms with E-state index in [-0.39, 0.29) is 12.5 Å². The van der Waals surface area contributed by atoms with Crippen molar-refractivity contribution in [1.29, 1.82) is 0 Å². The van der Waals surface area contributed by atoms with Crippen LogP contribution < -0.4 is 14.4 Å². The molecule has 8 heteroatoms. The van der Waals surface area contributed by atoms with Gasteiger partial charge < -0.3 is 19.3 Å². The maximum Gasteiger partial charge on any atom is 0.260 e. The van der Waals surface area contributed by atoms with Crippen LogP contribution >= 0.6 is 22.9 Å². The molecule has 6 nitrogen and oxygen atoms in total. The number of hydrogen-bond acceptors (Lipinski definition) is 6. The minimum Gasteiger partial charge on any atom is -0.494 e. The Morgan fingerprint density at radius 1 is 1.14 bits per heavy atom. The smallest absolute Gasteiger partial charge is 0.260 e. The molecular formula is C20H20ClN3O3S. The second-order valence-electron chi connectivity index (χ2n) is 6.39. The molecule has 1 aliphatic rings. The van der Waals surface area contributed by atoms with Crippen LogP contribution in [0.1, 0.15) is 0 Å². The van der Waals surface area contributed by atoms with Crippen molar-refractivity contribution in [2.45, 2.75) is 0 Å². The monoisotopic (exact) mass is 417 g/mol. The van der Waals surface area contributed by atoms with E-state index in [0.717, 1.165) is 28.4 Å². The molecule has 2 aromatic carbocycles. The quantitative estimate of drug-likeness (QED) is 0.633. The first-order valence-corrected chi connectivity index (χ1v) is 10.2. The maximum atomic E-state index is 12.4. The number of piperazine rings is 1. The Kier molecular flexibility index (Phi) is 5.54. The summed E-state index contributed by atoms with van der Waals surface area (Å²) in [6.45, 7) is 2.77. The Bertz CT molecular complexity index is 971. The number of fused-ring (bicyclic) bond motifs is 1. The zero-order valence-electron chi connectivity index (χ0n) is 15.4. The minimum absolute atomic E-state index is 0.00230. The van der Waals surface area contributed by atoms with Crippen LogP contribution in [0.15, 0.2) is 42.5 Å². The van der Waals surface area contributed by atoms with Crippen molar-refractivity contribution in [3.8, 4) is 11.5 Å². The number of halogens is 1. The molecule has 1 aromatic heterocycles. The van der Waals surface area contributed by atoms with Crippen LogP contribution in [0.25, 0.3) is 10.2 Å². The zero-order chi connectivity index (χ0) is 19.5. The zero-order valence-corrected chi connectivity index (χ0v) is 17.0. The van der Waals surface area contributed by atoms with E-state index in [0.29, 0.717) is 29.6 Å². The predicted octanol–water partition coefficient (Wildman–Crippen LogP) is 3.69. The van der Waals surface area contributed by atoms with E-state index in [2.05, 4.69) is 4.90 Å². The van der Waals surface area contributed by atoms with Crippen molar-refractivity contribution in [3.05, 3.63) is 47.5 Å². The largest absolute Gasteiger partial charge is 0.494 e. The number of carbonyl (C=O) groups excluding carboxylic acids is 1. The van der Waals surface area contributed by atoms with Gasteiger partial charge in [-0.25, -0.2) is 4.98 Å². The molecule has 2 heterocycles. The number of benzene rings is 2. The molecule has 0 unspecified atom stereocenters. The van der Waals surface area contributed by atoms with Gasteiger partial charge in [-0.3, -0.25) is 4.79 Å². The van der Waals surface area contributed by atoms with E-state index in [1.54, 1.807) is 18.4 Å². The number of carbonyl (C=O) groups is 1. The van der Waals surface area contributed by atoms with Crippen LogP contribution in [0.3, 0.4) is 0 Å². The van der Waals surface area contributed by atoms with Crippen molar-refractivity contribution < 1.29 is 14.3 Å². The molecule has 28 heavy (non-hydrogen) atoms. The molecule has 3 aromatic rings. The Labute approximate surface area is 172 Å². The van der Waals surface area contributed by atoms with Crippen LogP contribution in [0.2, 0.25) is 5.02 Å². The minimum atomic E-state index is -0.00230. The number of ether oxygens (including phenoxy) is 2. The number of thiazole rings is 1. The summed E-state index contributed by atoms with van der Waals surface area (Å²) in [7, 11) is 1.63. The van der Waals surface area contributed by atoms with Gasteiger partial charge in [0.2, 0.25) is 0 Å². The highest BCUT2D eigenvalue weighted by Gasteiger charge is 2.24. The topological polar surface area (TPSA) is 54.9 Å². The van der Waals surface area contributed by atoms with Crippen molar-refractivity contribution in [2.24, 2.45) is 0 Å². The molecule has 0 bridgehead atoms. The molecule has 4 rings (SSSR count). The highest BCUT2D eigenvalue weighted by molar-refractivity contribution is 7.22. The number of amides is 1. The number of hydrogen-bond donors (Lipinski definition) is 0. The van der Waals surface area contributed by atoms with Crippen LogP contribution in [0.5, 0.6) is 11.5 Å². The van der Waals surface area contributed by atoms with E-state index in [1.165, 1.54) is 0 Å². The molecule has 1 aliphatic heterocycles. The van der Waals surface area contributed by atoms with Gasteiger partial charge in [0.15, 0.2) is 11.7 Å². The Balaban J connectivity index is 1.38. The molecule has 1 amide bonds. The van der Waals surface area contributed by atoms with Crippen molar-refractivity contribution >= 4 is 44.2 Å². The number of anilines is 1. The van der Waals surface area contributed by atoms with Crippen LogP contribution in [-0.2, 0) is 4.79 Å². The van der Waals surface area contributed by atoms with Gasteiger partial charge in [0.05, 0.1) is 16.8 Å². The first-order valence-electron chi connectivity index (χ1n) is 8.99. The Morgan fingerprint density at radius 2 is 1.89 bits per heavy atom. The summed E-state index contributed by atoms with van der Waals surface area (Å²) in [4.78, 5) is 21.2. The number of para-hydroxylation sites is 1. The van der Waals surface area contributed by atoms with Gasteiger partial charge in [0, 0.05) is 26.2 Å². The van der Waals surface area contributed by atoms with Crippen LogP contribution in [-0.4, -0.2) is 55.7 Å². The van der Waals surface area contributed by atoms with Gasteiger partial charge in [0.1, 0.15) is 17.0 Å². The molecule has 0 saturated carbocycles. The summed E-state index contributed by atoms with van der Waals surface area (Å²) in [5.74, 6) is 1.42. The van der Waals surface area contributed by atoms with Crippen molar-refractivity contribution in [1.82, 2.24) is 9.88 Å². The fourth-order valence-electron chi connectivity index (χ4n) is 3.14. The third-order valence-electron chi connectivity index (χ3n) is 4.68. The lowest BCUT2D eigenvalue weighted by Gasteiger charge is -2.34. The third-order valence-corrected chi connectivity index (χ3v) is 6.25. The summed E-state index contributed by atoms with van der Waals surface area (Å²) in [6.07, 6.45) is 0. The van der Waals surface area contributed by atoms with Gasteiger partial charge in [-0.2, -0.15) is 0 Å². The molecule has 146 valence electrons. The lowest BCUT2D eigenvalue weighted by Crippen LogP contribution is -2.50. The first kappa shape index (κ1) is 18.8. The van der Waals surface area contributed by atoms with Gasteiger partial charge in [-0.1, -0.05) is 41.1 Å². The number of aromatic nitrogens is 1. The highest BCUT2D eigenvalue weighted by Crippen LogP contribution is 2.38. The molecule has 0 aliphatic carbocycles. The number of methoxy groups -OCH3 is 1. The molecule has 0 radical (unpaired) electrons. The summed E-state index contributed by atoms with van der Waals surface area (Å²) in [6, 6.07) is 13.0. The fraction of sp³-hybridized carbons (Fsp3) is 0.300. The van der Waals surface area contributed by atoms with Crippen LogP contribution in [0, 0.1) is 0 Å². The number of rotatable bonds is 5. The Morgan fingerprint density at radius 3 is 2.61 bits per heavy atom. The molecule has 0 atom stereocenters. The average Bonchev–Trinajstić information content (AvgIpc) is 3.20. The fourth-order valence-corrected chi connectivity index (χ4v) is 4.45. The van der Waals surface area contributed by atoms with Gasteiger partial charge >= 0.3 is 0 Å². The number of nitrogens with zero attached hydrogens (tertiary/aromatic N) is 3. The third kappa shape index (κ3) is 3.86. The second kappa shape index (κ2) is 8.24. The van der Waals surface area contributed by atoms with E-state index < -0.39 is 0 Å². The SMILES string of the molecule is COc1ccc(Cl)c2sc(N3CCN(C(=O)COc4ccccc4)CC3)nc12. The molecule has 1 saturated heterocycles. The standard InChI is InChI=1S/C20H20ClN3O3S/c1-26-16-8-7-15(21)19-18(16)22-20(28-19)24-11-9-23(10-12-24)17(25)13-27-14-5-3-2-4-6-14/h2-8H,9-13H2,1H3. The van der Waals surface area contributed by atoms with E-state index in [1.807, 2.05) is 47.4 Å². The maximum absolute atomic E-state index is 12.4. The lowest BCUT2D eigenvalue weighted by atomic mass is 10.3. The summed E-state index contributed by atoms with van der Waals surface area (Å²) in [5.41, 5.74) is 0.782. The first-order chi connectivity index (χ1) is 13.7. The van der Waals surface area contributed by atoms with E-state index in [9.17, 15) is 4.79 Å².